The van der Waals surface area contributed by atoms with Gasteiger partial charge in [0.05, 0.1) is 12.5 Å². The molecule has 1 N–H and O–H groups in total. The molecule has 1 saturated heterocycles. The first kappa shape index (κ1) is 14.3. The van der Waals surface area contributed by atoms with Crippen molar-refractivity contribution in [1.29, 1.82) is 0 Å². The number of likely N-dealkylation sites (tertiary alicyclic amines) is 1. The molecule has 1 aliphatic heterocycles. The van der Waals surface area contributed by atoms with Crippen molar-refractivity contribution < 1.29 is 14.3 Å². The van der Waals surface area contributed by atoms with Crippen LogP contribution in [-0.2, 0) is 9.53 Å². The molecule has 0 spiro atoms. The van der Waals surface area contributed by atoms with E-state index in [1.165, 1.54) is 0 Å². The maximum Gasteiger partial charge on any atom is 0.321 e. The predicted molar refractivity (Wildman–Crippen MR) is 74.2 cm³/mol. The Bertz CT molecular complexity index is 464. The molecule has 0 bridgehead atoms. The molecule has 1 fully saturated rings. The average Bonchev–Trinajstić information content (AvgIpc) is 2.48. The molecule has 20 heavy (non-hydrogen) atoms. The summed E-state index contributed by atoms with van der Waals surface area (Å²) in [6.45, 7) is 3.23. The lowest BCUT2D eigenvalue weighted by molar-refractivity contribution is -0.149. The van der Waals surface area contributed by atoms with E-state index < -0.39 is 0 Å². The van der Waals surface area contributed by atoms with Gasteiger partial charge in [-0.3, -0.25) is 9.78 Å². The first-order chi connectivity index (χ1) is 9.70. The number of nitrogens with one attached hydrogen (secondary N) is 1. The summed E-state index contributed by atoms with van der Waals surface area (Å²) in [6.07, 6.45) is 4.82. The van der Waals surface area contributed by atoms with Crippen molar-refractivity contribution >= 4 is 17.7 Å². The van der Waals surface area contributed by atoms with Crippen molar-refractivity contribution in [3.63, 3.8) is 0 Å². The molecule has 1 aromatic rings. The van der Waals surface area contributed by atoms with E-state index in [0.717, 1.165) is 12.8 Å². The number of hydrogen-bond donors (Lipinski definition) is 1. The van der Waals surface area contributed by atoms with Crippen molar-refractivity contribution in [2.45, 2.75) is 19.8 Å². The van der Waals surface area contributed by atoms with Crippen LogP contribution in [0.4, 0.5) is 10.5 Å². The second-order valence-corrected chi connectivity index (χ2v) is 4.70. The van der Waals surface area contributed by atoms with Gasteiger partial charge in [-0.25, -0.2) is 4.79 Å². The lowest BCUT2D eigenvalue weighted by Crippen LogP contribution is -2.44. The first-order valence-corrected chi connectivity index (χ1v) is 6.83. The summed E-state index contributed by atoms with van der Waals surface area (Å²) in [5.41, 5.74) is 0.697. The Morgan fingerprint density at radius 3 is 2.90 bits per heavy atom. The van der Waals surface area contributed by atoms with Gasteiger partial charge >= 0.3 is 12.0 Å². The fraction of sp³-hybridized carbons (Fsp3) is 0.500. The van der Waals surface area contributed by atoms with Crippen LogP contribution in [0.2, 0.25) is 0 Å². The molecule has 1 unspecified atom stereocenters. The number of urea groups is 1. The van der Waals surface area contributed by atoms with Crippen LogP contribution in [0, 0.1) is 5.92 Å². The number of ether oxygens (including phenoxy) is 1. The molecule has 1 atom stereocenters. The van der Waals surface area contributed by atoms with Crippen molar-refractivity contribution in [1.82, 2.24) is 9.88 Å². The number of amides is 2. The topological polar surface area (TPSA) is 71.5 Å². The van der Waals surface area contributed by atoms with E-state index in [1.54, 1.807) is 36.4 Å². The molecule has 0 aliphatic carbocycles. The molecule has 1 aromatic heterocycles. The Kier molecular flexibility index (Phi) is 4.92. The highest BCUT2D eigenvalue weighted by atomic mass is 16.5. The molecule has 2 rings (SSSR count). The Morgan fingerprint density at radius 1 is 1.45 bits per heavy atom. The Hall–Kier alpha value is -2.11. The third-order valence-electron chi connectivity index (χ3n) is 3.26. The predicted octanol–water partition coefficient (Wildman–Crippen LogP) is 1.89. The van der Waals surface area contributed by atoms with Crippen LogP contribution in [0.15, 0.2) is 24.5 Å². The fourth-order valence-electron chi connectivity index (χ4n) is 2.25. The molecule has 6 nitrogen and oxygen atoms in total. The zero-order chi connectivity index (χ0) is 14.4. The number of rotatable bonds is 3. The van der Waals surface area contributed by atoms with E-state index in [2.05, 4.69) is 10.3 Å². The fourth-order valence-corrected chi connectivity index (χ4v) is 2.25. The van der Waals surface area contributed by atoms with Gasteiger partial charge in [-0.2, -0.15) is 0 Å². The molecular weight excluding hydrogens is 258 g/mol. The van der Waals surface area contributed by atoms with Gasteiger partial charge in [0, 0.05) is 31.2 Å². The smallest absolute Gasteiger partial charge is 0.321 e. The van der Waals surface area contributed by atoms with Crippen molar-refractivity contribution in [2.24, 2.45) is 5.92 Å². The number of hydrogen-bond acceptors (Lipinski definition) is 4. The molecule has 0 aromatic carbocycles. The summed E-state index contributed by atoms with van der Waals surface area (Å²) in [4.78, 5) is 29.4. The lowest BCUT2D eigenvalue weighted by Gasteiger charge is -2.31. The number of esters is 1. The standard InChI is InChI=1S/C14H19N3O3/c1-2-20-13(18)11-4-3-9-17(10-11)14(19)16-12-5-7-15-8-6-12/h5-8,11H,2-4,9-10H2,1H3,(H,15,16,19). The minimum atomic E-state index is -0.216. The van der Waals surface area contributed by atoms with Crippen LogP contribution in [-0.4, -0.2) is 41.6 Å². The van der Waals surface area contributed by atoms with Gasteiger partial charge in [0.2, 0.25) is 0 Å². The highest BCUT2D eigenvalue weighted by molar-refractivity contribution is 5.89. The van der Waals surface area contributed by atoms with E-state index in [9.17, 15) is 9.59 Å². The minimum absolute atomic E-state index is 0.190. The molecular formula is C14H19N3O3. The van der Waals surface area contributed by atoms with E-state index in [1.807, 2.05) is 0 Å². The zero-order valence-corrected chi connectivity index (χ0v) is 11.5. The Balaban J connectivity index is 1.91. The summed E-state index contributed by atoms with van der Waals surface area (Å²) in [7, 11) is 0. The summed E-state index contributed by atoms with van der Waals surface area (Å²) >= 11 is 0. The average molecular weight is 277 g/mol. The number of carbonyl (C=O) groups excluding carboxylic acids is 2. The van der Waals surface area contributed by atoms with Gasteiger partial charge in [-0.1, -0.05) is 0 Å². The maximum atomic E-state index is 12.1. The summed E-state index contributed by atoms with van der Waals surface area (Å²) in [6, 6.07) is 3.26. The SMILES string of the molecule is CCOC(=O)C1CCCN(C(=O)Nc2ccncc2)C1. The van der Waals surface area contributed by atoms with Gasteiger partial charge in [-0.15, -0.1) is 0 Å². The molecule has 6 heteroatoms. The van der Waals surface area contributed by atoms with Gasteiger partial charge in [0.25, 0.3) is 0 Å². The Labute approximate surface area is 118 Å². The van der Waals surface area contributed by atoms with Crippen molar-refractivity contribution in [3.8, 4) is 0 Å². The van der Waals surface area contributed by atoms with Crippen LogP contribution in [0.1, 0.15) is 19.8 Å². The van der Waals surface area contributed by atoms with Crippen LogP contribution < -0.4 is 5.32 Å². The molecule has 0 saturated carbocycles. The molecule has 1 aliphatic rings. The number of anilines is 1. The van der Waals surface area contributed by atoms with Gasteiger partial charge in [0.1, 0.15) is 0 Å². The number of pyridine rings is 1. The van der Waals surface area contributed by atoms with Crippen molar-refractivity contribution in [3.05, 3.63) is 24.5 Å². The zero-order valence-electron chi connectivity index (χ0n) is 11.5. The Morgan fingerprint density at radius 2 is 2.20 bits per heavy atom. The minimum Gasteiger partial charge on any atom is -0.466 e. The first-order valence-electron chi connectivity index (χ1n) is 6.83. The molecule has 2 heterocycles. The van der Waals surface area contributed by atoms with E-state index in [-0.39, 0.29) is 17.9 Å². The highest BCUT2D eigenvalue weighted by Crippen LogP contribution is 2.19. The lowest BCUT2D eigenvalue weighted by atomic mass is 9.98. The van der Waals surface area contributed by atoms with Crippen LogP contribution in [0.25, 0.3) is 0 Å². The molecule has 2 amide bonds. The van der Waals surface area contributed by atoms with Crippen LogP contribution in [0.3, 0.4) is 0 Å². The number of piperidine rings is 1. The highest BCUT2D eigenvalue weighted by Gasteiger charge is 2.29. The van der Waals surface area contributed by atoms with Crippen molar-refractivity contribution in [2.75, 3.05) is 25.0 Å². The number of aromatic nitrogens is 1. The third kappa shape index (κ3) is 3.69. The number of carbonyl (C=O) groups is 2. The van der Waals surface area contributed by atoms with Gasteiger partial charge in [0.15, 0.2) is 0 Å². The van der Waals surface area contributed by atoms with E-state index >= 15 is 0 Å². The van der Waals surface area contributed by atoms with Gasteiger partial charge in [-0.05, 0) is 31.9 Å². The molecule has 0 radical (unpaired) electrons. The second kappa shape index (κ2) is 6.88. The monoisotopic (exact) mass is 277 g/mol. The summed E-state index contributed by atoms with van der Waals surface area (Å²) in [5, 5.41) is 2.80. The maximum absolute atomic E-state index is 12.1. The summed E-state index contributed by atoms with van der Waals surface area (Å²) < 4.78 is 5.02. The van der Waals surface area contributed by atoms with Crippen LogP contribution in [0.5, 0.6) is 0 Å². The normalized spacial score (nSPS) is 18.4. The molecule has 108 valence electrons. The van der Waals surface area contributed by atoms with E-state index in [0.29, 0.717) is 25.4 Å². The quantitative estimate of drug-likeness (QED) is 0.856. The largest absolute Gasteiger partial charge is 0.466 e. The third-order valence-corrected chi connectivity index (χ3v) is 3.26. The second-order valence-electron chi connectivity index (χ2n) is 4.70. The van der Waals surface area contributed by atoms with Crippen LogP contribution >= 0.6 is 0 Å². The van der Waals surface area contributed by atoms with Gasteiger partial charge < -0.3 is 15.0 Å². The number of nitrogens with zero attached hydrogens (tertiary/aromatic N) is 2. The summed E-state index contributed by atoms with van der Waals surface area (Å²) in [5.74, 6) is -0.430. The van der Waals surface area contributed by atoms with E-state index in [4.69, 9.17) is 4.74 Å².